The van der Waals surface area contributed by atoms with E-state index in [2.05, 4.69) is 51.3 Å². The molecule has 0 fully saturated rings. The van der Waals surface area contributed by atoms with Gasteiger partial charge in [-0.2, -0.15) is 5.10 Å². The second kappa shape index (κ2) is 12.5. The van der Waals surface area contributed by atoms with E-state index in [1.165, 1.54) is 5.57 Å². The summed E-state index contributed by atoms with van der Waals surface area (Å²) in [5, 5.41) is 7.20. The molecule has 0 amide bonds. The maximum absolute atomic E-state index is 13.1. The van der Waals surface area contributed by atoms with Gasteiger partial charge in [0.2, 0.25) is 0 Å². The third-order valence-corrected chi connectivity index (χ3v) is 6.79. The normalized spacial score (nSPS) is 14.0. The first-order valence-electron chi connectivity index (χ1n) is 13.2. The molecule has 0 atom stereocenters. The van der Waals surface area contributed by atoms with E-state index in [0.717, 1.165) is 41.3 Å². The highest BCUT2D eigenvalue weighted by molar-refractivity contribution is 6.31. The molecule has 1 aliphatic rings. The lowest BCUT2D eigenvalue weighted by molar-refractivity contribution is -0.111. The predicted molar refractivity (Wildman–Crippen MR) is 164 cm³/mol. The second-order valence-electron chi connectivity index (χ2n) is 10.2. The van der Waals surface area contributed by atoms with Gasteiger partial charge in [-0.1, -0.05) is 57.4 Å². The second-order valence-corrected chi connectivity index (χ2v) is 10.2. The van der Waals surface area contributed by atoms with Crippen molar-refractivity contribution in [1.29, 1.82) is 0 Å². The van der Waals surface area contributed by atoms with Gasteiger partial charge in [0.15, 0.2) is 11.6 Å². The average molecular weight is 522 g/mol. The number of hydrazone groups is 1. The molecule has 0 N–H and O–H groups in total. The molecule has 5 heteroatoms. The quantitative estimate of drug-likeness (QED) is 0.122. The summed E-state index contributed by atoms with van der Waals surface area (Å²) >= 11 is 0. The lowest BCUT2D eigenvalue weighted by Gasteiger charge is -2.22. The smallest absolute Gasteiger partial charge is 0.190 e. The van der Waals surface area contributed by atoms with Crippen molar-refractivity contribution in [2.24, 2.45) is 12.1 Å². The number of fused-ring (bicyclic) bond motifs is 1. The number of rotatable bonds is 12. The third-order valence-electron chi connectivity index (χ3n) is 6.79. The Morgan fingerprint density at radius 3 is 2.41 bits per heavy atom. The van der Waals surface area contributed by atoms with Gasteiger partial charge in [0.05, 0.1) is 11.4 Å². The number of hydrogen-bond acceptors (Lipinski definition) is 4. The number of ketones is 2. The fraction of sp³-hybridized carbons (Fsp3) is 0.265. The number of allylic oxidation sites excluding steroid dienone is 8. The summed E-state index contributed by atoms with van der Waals surface area (Å²) in [6.45, 7) is 23.9. The largest absolute Gasteiger partial charge is 0.350 e. The number of nitrogens with zero attached hydrogens (tertiary/aromatic N) is 3. The SMILES string of the molecule is C=C(CC/C=C(/C)CCC)C(=O)C(=C)/C(=N/N1C=CC(c2ccc3c(c2)c(C(C)=O)cn3C)=CC1=C)C(=C)C. The molecule has 39 heavy (non-hydrogen) atoms. The zero-order valence-corrected chi connectivity index (χ0v) is 23.9. The molecule has 5 nitrogen and oxygen atoms in total. The summed E-state index contributed by atoms with van der Waals surface area (Å²) in [6, 6.07) is 6.07. The molecule has 2 aromatic rings. The number of carbonyl (C=O) groups is 2. The van der Waals surface area contributed by atoms with Crippen molar-refractivity contribution >= 4 is 33.8 Å². The van der Waals surface area contributed by atoms with E-state index in [4.69, 9.17) is 0 Å². The molecular formula is C34H39N3O2. The lowest BCUT2D eigenvalue weighted by atomic mass is 9.95. The van der Waals surface area contributed by atoms with Crippen LogP contribution >= 0.6 is 0 Å². The number of carbonyl (C=O) groups excluding carboxylic acids is 2. The minimum Gasteiger partial charge on any atom is -0.350 e. The molecule has 0 spiro atoms. The zero-order valence-electron chi connectivity index (χ0n) is 23.9. The van der Waals surface area contributed by atoms with E-state index in [-0.39, 0.29) is 17.1 Å². The van der Waals surface area contributed by atoms with Gasteiger partial charge in [-0.25, -0.2) is 5.01 Å². The fourth-order valence-electron chi connectivity index (χ4n) is 4.60. The third kappa shape index (κ3) is 6.80. The van der Waals surface area contributed by atoms with Crippen LogP contribution in [-0.2, 0) is 11.8 Å². The zero-order chi connectivity index (χ0) is 28.9. The summed E-state index contributed by atoms with van der Waals surface area (Å²) in [5.74, 6) is -0.178. The summed E-state index contributed by atoms with van der Waals surface area (Å²) < 4.78 is 1.96. The molecule has 0 radical (unpaired) electrons. The van der Waals surface area contributed by atoms with Crippen molar-refractivity contribution in [2.45, 2.75) is 53.4 Å². The van der Waals surface area contributed by atoms with Crippen molar-refractivity contribution in [2.75, 3.05) is 0 Å². The van der Waals surface area contributed by atoms with Gasteiger partial charge < -0.3 is 4.57 Å². The number of hydrogen-bond donors (Lipinski definition) is 0. The van der Waals surface area contributed by atoms with E-state index in [1.807, 2.05) is 48.2 Å². The van der Waals surface area contributed by atoms with E-state index >= 15 is 0 Å². The summed E-state index contributed by atoms with van der Waals surface area (Å²) in [4.78, 5) is 25.2. The number of Topliss-reactive ketones (excluding diaryl/α,β-unsaturated/α-hetero) is 2. The van der Waals surface area contributed by atoms with Crippen molar-refractivity contribution in [3.63, 3.8) is 0 Å². The standard InChI is InChI=1S/C34H39N3O2/c1-10-12-23(4)13-11-14-24(5)34(39)26(7)33(22(2)3)35-37-18-17-29(19-25(37)6)28-15-16-32-30(20-28)31(27(8)38)21-36(32)9/h13,15-21H,2,5-7,10-12,14H2,1,3-4,8-9H3/b23-13-,35-33+. The van der Waals surface area contributed by atoms with Gasteiger partial charge in [0.1, 0.15) is 0 Å². The van der Waals surface area contributed by atoms with Gasteiger partial charge in [-0.05, 0) is 86.6 Å². The molecule has 0 saturated heterocycles. The first-order valence-corrected chi connectivity index (χ1v) is 13.2. The van der Waals surface area contributed by atoms with Crippen molar-refractivity contribution < 1.29 is 9.59 Å². The number of aryl methyl sites for hydroxylation is 1. The highest BCUT2D eigenvalue weighted by atomic mass is 16.1. The van der Waals surface area contributed by atoms with Gasteiger partial charge in [-0.15, -0.1) is 0 Å². The van der Waals surface area contributed by atoms with Crippen LogP contribution in [0.4, 0.5) is 0 Å². The topological polar surface area (TPSA) is 54.7 Å². The van der Waals surface area contributed by atoms with Crippen LogP contribution in [-0.4, -0.2) is 26.9 Å². The summed E-state index contributed by atoms with van der Waals surface area (Å²) in [7, 11) is 1.94. The molecule has 0 unspecified atom stereocenters. The van der Waals surface area contributed by atoms with Crippen LogP contribution in [0.1, 0.15) is 69.3 Å². The van der Waals surface area contributed by atoms with Crippen LogP contribution in [0.2, 0.25) is 0 Å². The Balaban J connectivity index is 1.79. The molecule has 1 aromatic carbocycles. The van der Waals surface area contributed by atoms with Crippen LogP contribution in [0.25, 0.3) is 16.5 Å². The van der Waals surface area contributed by atoms with Crippen LogP contribution in [0, 0.1) is 0 Å². The Kier molecular flexibility index (Phi) is 9.42. The highest BCUT2D eigenvalue weighted by Crippen LogP contribution is 2.30. The predicted octanol–water partition coefficient (Wildman–Crippen LogP) is 8.25. The molecule has 0 bridgehead atoms. The first-order chi connectivity index (χ1) is 18.4. The molecule has 2 heterocycles. The Bertz CT molecular complexity index is 1500. The summed E-state index contributed by atoms with van der Waals surface area (Å²) in [5.41, 5.74) is 7.37. The van der Waals surface area contributed by atoms with E-state index in [9.17, 15) is 9.59 Å². The Morgan fingerprint density at radius 1 is 1.08 bits per heavy atom. The fourth-order valence-corrected chi connectivity index (χ4v) is 4.60. The monoisotopic (exact) mass is 521 g/mol. The van der Waals surface area contributed by atoms with Crippen molar-refractivity contribution in [3.05, 3.63) is 114 Å². The van der Waals surface area contributed by atoms with Gasteiger partial charge in [-0.3, -0.25) is 9.59 Å². The maximum Gasteiger partial charge on any atom is 0.190 e. The first kappa shape index (κ1) is 29.3. The highest BCUT2D eigenvalue weighted by Gasteiger charge is 2.20. The average Bonchev–Trinajstić information content (AvgIpc) is 3.23. The minimum absolute atomic E-state index is 0.0312. The van der Waals surface area contributed by atoms with Crippen LogP contribution in [0.15, 0.2) is 108 Å². The molecule has 1 aromatic heterocycles. The van der Waals surface area contributed by atoms with Crippen LogP contribution in [0.5, 0.6) is 0 Å². The molecule has 0 aliphatic carbocycles. The van der Waals surface area contributed by atoms with E-state index in [0.29, 0.717) is 34.5 Å². The molecule has 1 aliphatic heterocycles. The maximum atomic E-state index is 13.1. The van der Waals surface area contributed by atoms with Gasteiger partial charge >= 0.3 is 0 Å². The van der Waals surface area contributed by atoms with Crippen LogP contribution < -0.4 is 0 Å². The minimum atomic E-state index is -0.210. The summed E-state index contributed by atoms with van der Waals surface area (Å²) in [6.07, 6.45) is 13.2. The Labute approximate surface area is 232 Å². The van der Waals surface area contributed by atoms with Crippen LogP contribution in [0.3, 0.4) is 0 Å². The number of benzene rings is 1. The van der Waals surface area contributed by atoms with Crippen molar-refractivity contribution in [1.82, 2.24) is 9.58 Å². The number of aromatic nitrogens is 1. The molecule has 3 rings (SSSR count). The van der Waals surface area contributed by atoms with Crippen molar-refractivity contribution in [3.8, 4) is 0 Å². The molecule has 0 saturated carbocycles. The molecular weight excluding hydrogens is 482 g/mol. The van der Waals surface area contributed by atoms with E-state index in [1.54, 1.807) is 25.1 Å². The van der Waals surface area contributed by atoms with Gasteiger partial charge in [0, 0.05) is 41.5 Å². The Morgan fingerprint density at radius 2 is 1.79 bits per heavy atom. The lowest BCUT2D eigenvalue weighted by Crippen LogP contribution is -2.20. The van der Waals surface area contributed by atoms with Gasteiger partial charge in [0.25, 0.3) is 0 Å². The molecule has 202 valence electrons. The Hall–Kier alpha value is -4.25. The van der Waals surface area contributed by atoms with E-state index < -0.39 is 0 Å².